The van der Waals surface area contributed by atoms with Gasteiger partial charge in [-0.15, -0.1) is 0 Å². The van der Waals surface area contributed by atoms with Crippen LogP contribution in [-0.4, -0.2) is 45.4 Å². The number of benzene rings is 2. The number of halogens is 4. The Kier molecular flexibility index (Phi) is 8.25. The van der Waals surface area contributed by atoms with Gasteiger partial charge in [-0.1, -0.05) is 5.57 Å². The number of allylic oxidation sites excluding steroid dienone is 1. The Bertz CT molecular complexity index is 1740. The second-order valence-electron chi connectivity index (χ2n) is 10.6. The molecule has 0 N–H and O–H groups in total. The van der Waals surface area contributed by atoms with Gasteiger partial charge in [0, 0.05) is 25.4 Å². The number of nitrogens with zero attached hydrogens (tertiary/aromatic N) is 4. The topological polar surface area (TPSA) is 69.4 Å². The lowest BCUT2D eigenvalue weighted by Crippen LogP contribution is -2.37. The second-order valence-corrected chi connectivity index (χ2v) is 10.6. The van der Waals surface area contributed by atoms with Crippen LogP contribution in [0.4, 0.5) is 17.6 Å². The third kappa shape index (κ3) is 6.11. The zero-order valence-corrected chi connectivity index (χ0v) is 23.9. The van der Waals surface area contributed by atoms with E-state index in [-0.39, 0.29) is 39.9 Å². The van der Waals surface area contributed by atoms with Gasteiger partial charge in [0.05, 0.1) is 46.6 Å². The molecule has 0 atom stereocenters. The summed E-state index contributed by atoms with van der Waals surface area (Å²) in [5.41, 5.74) is 0.622. The fraction of sp³-hybridized carbons (Fsp3) is 0.281. The molecule has 0 spiro atoms. The molecule has 7 nitrogen and oxygen atoms in total. The van der Waals surface area contributed by atoms with Crippen molar-refractivity contribution in [2.24, 2.45) is 0 Å². The van der Waals surface area contributed by atoms with Crippen molar-refractivity contribution in [2.45, 2.75) is 39.3 Å². The van der Waals surface area contributed by atoms with Crippen molar-refractivity contribution in [3.8, 4) is 28.4 Å². The molecule has 1 amide bonds. The molecule has 4 aromatic rings. The maximum atomic E-state index is 14.6. The van der Waals surface area contributed by atoms with Crippen molar-refractivity contribution >= 4 is 12.0 Å². The van der Waals surface area contributed by atoms with E-state index >= 15 is 0 Å². The molecule has 0 unspecified atom stereocenters. The quantitative estimate of drug-likeness (QED) is 0.228. The van der Waals surface area contributed by atoms with Gasteiger partial charge in [0.2, 0.25) is 0 Å². The van der Waals surface area contributed by atoms with Crippen molar-refractivity contribution in [3.05, 3.63) is 99.4 Å². The number of carbonyl (C=O) groups is 1. The number of hydrogen-bond acceptors (Lipinski definition) is 4. The van der Waals surface area contributed by atoms with Crippen molar-refractivity contribution < 1.29 is 27.1 Å². The lowest BCUT2D eigenvalue weighted by atomic mass is 10.0. The number of likely N-dealkylation sites (tertiary alicyclic amines) is 1. The highest BCUT2D eigenvalue weighted by molar-refractivity contribution is 5.99. The summed E-state index contributed by atoms with van der Waals surface area (Å²) in [4.78, 5) is 30.0. The second kappa shape index (κ2) is 11.9. The minimum atomic E-state index is -4.48. The molecule has 3 heterocycles. The van der Waals surface area contributed by atoms with Gasteiger partial charge in [-0.05, 0) is 87.7 Å². The molecule has 1 saturated heterocycles. The van der Waals surface area contributed by atoms with Crippen LogP contribution in [0.25, 0.3) is 28.7 Å². The molecule has 11 heteroatoms. The van der Waals surface area contributed by atoms with Gasteiger partial charge >= 0.3 is 6.18 Å². The fourth-order valence-corrected chi connectivity index (χ4v) is 5.16. The minimum Gasteiger partial charge on any atom is -0.495 e. The molecule has 1 aliphatic rings. The fourth-order valence-electron chi connectivity index (χ4n) is 5.16. The molecule has 2 aromatic heterocycles. The van der Waals surface area contributed by atoms with E-state index in [1.54, 1.807) is 11.0 Å². The first kappa shape index (κ1) is 29.8. The zero-order chi connectivity index (χ0) is 30.9. The molecule has 0 radical (unpaired) electrons. The lowest BCUT2D eigenvalue weighted by Gasteiger charge is -2.28. The Morgan fingerprint density at radius 3 is 2.30 bits per heavy atom. The SMILES string of the molecule is COc1ccc(F)cc1-n1c(C=C(C)C)c(C(=O)N2CCCCC2)cc(-c2ccn(-c3ccc(C(F)(F)F)cc3)n2)c1=O. The van der Waals surface area contributed by atoms with E-state index in [0.29, 0.717) is 18.8 Å². The zero-order valence-electron chi connectivity index (χ0n) is 23.9. The highest BCUT2D eigenvalue weighted by Crippen LogP contribution is 2.31. The number of rotatable bonds is 6. The molecule has 5 rings (SSSR count). The Morgan fingerprint density at radius 1 is 0.977 bits per heavy atom. The number of pyridine rings is 1. The number of carbonyl (C=O) groups excluding carboxylic acids is 1. The number of amides is 1. The molecule has 0 bridgehead atoms. The van der Waals surface area contributed by atoms with E-state index in [0.717, 1.165) is 37.0 Å². The largest absolute Gasteiger partial charge is 0.495 e. The summed E-state index contributed by atoms with van der Waals surface area (Å²) in [5, 5.41) is 4.48. The van der Waals surface area contributed by atoms with Gasteiger partial charge in [-0.2, -0.15) is 18.3 Å². The normalized spacial score (nSPS) is 13.6. The Labute approximate surface area is 245 Å². The predicted molar refractivity (Wildman–Crippen MR) is 155 cm³/mol. The Hall–Kier alpha value is -4.67. The number of ether oxygens (including phenoxy) is 1. The number of methoxy groups -OCH3 is 1. The van der Waals surface area contributed by atoms with Crippen LogP contribution in [0.2, 0.25) is 0 Å². The Morgan fingerprint density at radius 2 is 1.67 bits per heavy atom. The van der Waals surface area contributed by atoms with Gasteiger partial charge in [0.25, 0.3) is 11.5 Å². The van der Waals surface area contributed by atoms with Crippen molar-refractivity contribution in [1.29, 1.82) is 0 Å². The maximum Gasteiger partial charge on any atom is 0.416 e. The number of hydrogen-bond donors (Lipinski definition) is 0. The van der Waals surface area contributed by atoms with Crippen molar-refractivity contribution in [1.82, 2.24) is 19.2 Å². The number of piperidine rings is 1. The monoisotopic (exact) mass is 594 g/mol. The molecule has 1 aliphatic heterocycles. The molecule has 0 aliphatic carbocycles. The summed E-state index contributed by atoms with van der Waals surface area (Å²) in [6.45, 7) is 4.78. The summed E-state index contributed by atoms with van der Waals surface area (Å²) < 4.78 is 61.9. The third-order valence-electron chi connectivity index (χ3n) is 7.24. The summed E-state index contributed by atoms with van der Waals surface area (Å²) in [7, 11) is 1.40. The van der Waals surface area contributed by atoms with Crippen molar-refractivity contribution in [2.75, 3.05) is 20.2 Å². The molecule has 224 valence electrons. The first-order valence-corrected chi connectivity index (χ1v) is 13.8. The molecular weight excluding hydrogens is 564 g/mol. The van der Waals surface area contributed by atoms with Crippen LogP contribution in [0, 0.1) is 5.82 Å². The van der Waals surface area contributed by atoms with E-state index in [1.165, 1.54) is 65.0 Å². The smallest absolute Gasteiger partial charge is 0.416 e. The van der Waals surface area contributed by atoms with Gasteiger partial charge in [-0.25, -0.2) is 9.07 Å². The van der Waals surface area contributed by atoms with Gasteiger partial charge in [0.1, 0.15) is 11.6 Å². The van der Waals surface area contributed by atoms with Crippen LogP contribution in [0.15, 0.2) is 71.2 Å². The lowest BCUT2D eigenvalue weighted by molar-refractivity contribution is -0.137. The molecular formula is C32H30F4N4O3. The van der Waals surface area contributed by atoms with E-state index in [2.05, 4.69) is 5.10 Å². The van der Waals surface area contributed by atoms with Crippen LogP contribution in [0.1, 0.15) is 54.7 Å². The highest BCUT2D eigenvalue weighted by atomic mass is 19.4. The van der Waals surface area contributed by atoms with Crippen LogP contribution in [0.5, 0.6) is 5.75 Å². The van der Waals surface area contributed by atoms with Crippen LogP contribution >= 0.6 is 0 Å². The maximum absolute atomic E-state index is 14.6. The van der Waals surface area contributed by atoms with Crippen LogP contribution < -0.4 is 10.3 Å². The molecule has 0 saturated carbocycles. The first-order chi connectivity index (χ1) is 20.5. The van der Waals surface area contributed by atoms with Crippen molar-refractivity contribution in [3.63, 3.8) is 0 Å². The first-order valence-electron chi connectivity index (χ1n) is 13.8. The standard InChI is InChI=1S/C32H30F4N4O3/c1-20(2)17-27-25(30(41)38-14-5-4-6-15-38)19-24(31(42)40(27)28-18-22(33)9-12-29(28)43-3)26-13-16-39(37-26)23-10-7-21(8-11-23)32(34,35)36/h7-13,16-19H,4-6,14-15H2,1-3H3. The molecule has 43 heavy (non-hydrogen) atoms. The average Bonchev–Trinajstić information content (AvgIpc) is 3.47. The van der Waals surface area contributed by atoms with Gasteiger partial charge in [-0.3, -0.25) is 14.2 Å². The van der Waals surface area contributed by atoms with E-state index in [4.69, 9.17) is 4.74 Å². The van der Waals surface area contributed by atoms with Gasteiger partial charge in [0.15, 0.2) is 0 Å². The van der Waals surface area contributed by atoms with Gasteiger partial charge < -0.3 is 9.64 Å². The average molecular weight is 595 g/mol. The molecule has 2 aromatic carbocycles. The highest BCUT2D eigenvalue weighted by Gasteiger charge is 2.30. The van der Waals surface area contributed by atoms with E-state index < -0.39 is 23.1 Å². The molecule has 1 fully saturated rings. The number of aromatic nitrogens is 3. The summed E-state index contributed by atoms with van der Waals surface area (Å²) in [6, 6.07) is 11.3. The minimum absolute atomic E-state index is 0.0586. The summed E-state index contributed by atoms with van der Waals surface area (Å²) in [5.74, 6) is -0.665. The van der Waals surface area contributed by atoms with Crippen LogP contribution in [-0.2, 0) is 6.18 Å². The third-order valence-corrected chi connectivity index (χ3v) is 7.24. The van der Waals surface area contributed by atoms with E-state index in [1.807, 2.05) is 13.8 Å². The summed E-state index contributed by atoms with van der Waals surface area (Å²) in [6.07, 6.45) is 1.45. The Balaban J connectivity index is 1.74. The number of alkyl halides is 3. The predicted octanol–water partition coefficient (Wildman–Crippen LogP) is 6.91. The van der Waals surface area contributed by atoms with Crippen LogP contribution in [0.3, 0.4) is 0 Å². The van der Waals surface area contributed by atoms with E-state index in [9.17, 15) is 27.2 Å². The summed E-state index contributed by atoms with van der Waals surface area (Å²) >= 11 is 0.